The molecule has 1 aromatic rings. The zero-order valence-corrected chi connectivity index (χ0v) is 11.0. The standard InChI is InChI=1S/C15H16N2O3/c16-9-12(8-11-4-1-2-6-14(11)18)15(19)17-10-13-5-3-7-20-13/h1-2,4,6,8,13,18H,3,5,7,10H2,(H,17,19)/b12-8+/t13-/m0/s1. The van der Waals surface area contributed by atoms with Crippen LogP contribution in [0, 0.1) is 11.3 Å². The third kappa shape index (κ3) is 3.59. The molecule has 0 radical (unpaired) electrons. The third-order valence-electron chi connectivity index (χ3n) is 3.12. The number of phenolic OH excluding ortho intramolecular Hbond substituents is 1. The van der Waals surface area contributed by atoms with Gasteiger partial charge in [-0.05, 0) is 25.0 Å². The fourth-order valence-corrected chi connectivity index (χ4v) is 2.02. The average molecular weight is 272 g/mol. The van der Waals surface area contributed by atoms with Crippen LogP contribution >= 0.6 is 0 Å². The Morgan fingerprint density at radius 1 is 1.55 bits per heavy atom. The predicted octanol–water partition coefficient (Wildman–Crippen LogP) is 1.59. The number of carbonyl (C=O) groups is 1. The van der Waals surface area contributed by atoms with E-state index < -0.39 is 5.91 Å². The van der Waals surface area contributed by atoms with Crippen molar-refractivity contribution in [2.75, 3.05) is 13.2 Å². The molecule has 0 spiro atoms. The van der Waals surface area contributed by atoms with Crippen LogP contribution in [-0.4, -0.2) is 30.3 Å². The molecule has 0 aliphatic carbocycles. The van der Waals surface area contributed by atoms with E-state index in [1.165, 1.54) is 12.1 Å². The van der Waals surface area contributed by atoms with E-state index in [0.717, 1.165) is 19.4 Å². The lowest BCUT2D eigenvalue weighted by atomic mass is 10.1. The lowest BCUT2D eigenvalue weighted by Crippen LogP contribution is -2.32. The fraction of sp³-hybridized carbons (Fsp3) is 0.333. The highest BCUT2D eigenvalue weighted by Crippen LogP contribution is 2.19. The van der Waals surface area contributed by atoms with Crippen molar-refractivity contribution < 1.29 is 14.6 Å². The predicted molar refractivity (Wildman–Crippen MR) is 73.7 cm³/mol. The molecule has 1 saturated heterocycles. The molecule has 104 valence electrons. The van der Waals surface area contributed by atoms with Gasteiger partial charge in [0.2, 0.25) is 0 Å². The highest BCUT2D eigenvalue weighted by atomic mass is 16.5. The molecule has 1 amide bonds. The minimum Gasteiger partial charge on any atom is -0.507 e. The summed E-state index contributed by atoms with van der Waals surface area (Å²) in [5.41, 5.74) is 0.404. The van der Waals surface area contributed by atoms with Crippen molar-refractivity contribution in [2.45, 2.75) is 18.9 Å². The molecule has 1 aliphatic rings. The van der Waals surface area contributed by atoms with Gasteiger partial charge in [0, 0.05) is 18.7 Å². The Hall–Kier alpha value is -2.32. The molecule has 2 N–H and O–H groups in total. The van der Waals surface area contributed by atoms with Gasteiger partial charge in [-0.2, -0.15) is 5.26 Å². The van der Waals surface area contributed by atoms with Crippen LogP contribution in [0.25, 0.3) is 6.08 Å². The van der Waals surface area contributed by atoms with Crippen molar-refractivity contribution >= 4 is 12.0 Å². The van der Waals surface area contributed by atoms with E-state index in [1.807, 2.05) is 6.07 Å². The topological polar surface area (TPSA) is 82.3 Å². The average Bonchev–Trinajstić information content (AvgIpc) is 2.97. The number of carbonyl (C=O) groups excluding carboxylic acids is 1. The first-order valence-corrected chi connectivity index (χ1v) is 6.50. The van der Waals surface area contributed by atoms with E-state index in [2.05, 4.69) is 5.32 Å². The van der Waals surface area contributed by atoms with Crippen LogP contribution in [0.5, 0.6) is 5.75 Å². The van der Waals surface area contributed by atoms with Crippen LogP contribution in [0.2, 0.25) is 0 Å². The molecule has 0 saturated carbocycles. The van der Waals surface area contributed by atoms with Crippen molar-refractivity contribution in [2.24, 2.45) is 0 Å². The minimum atomic E-state index is -0.453. The van der Waals surface area contributed by atoms with Gasteiger partial charge in [0.05, 0.1) is 6.10 Å². The van der Waals surface area contributed by atoms with E-state index in [9.17, 15) is 9.90 Å². The molecule has 5 heteroatoms. The largest absolute Gasteiger partial charge is 0.507 e. The van der Waals surface area contributed by atoms with Crippen LogP contribution in [0.4, 0.5) is 0 Å². The van der Waals surface area contributed by atoms with Crippen LogP contribution in [-0.2, 0) is 9.53 Å². The summed E-state index contributed by atoms with van der Waals surface area (Å²) in [6, 6.07) is 8.40. The first kappa shape index (κ1) is 14.1. The fourth-order valence-electron chi connectivity index (χ4n) is 2.02. The van der Waals surface area contributed by atoms with Crippen LogP contribution < -0.4 is 5.32 Å². The summed E-state index contributed by atoms with van der Waals surface area (Å²) in [7, 11) is 0. The summed E-state index contributed by atoms with van der Waals surface area (Å²) >= 11 is 0. The van der Waals surface area contributed by atoms with Gasteiger partial charge in [-0.3, -0.25) is 4.79 Å². The number of phenols is 1. The van der Waals surface area contributed by atoms with Gasteiger partial charge in [-0.1, -0.05) is 18.2 Å². The van der Waals surface area contributed by atoms with E-state index >= 15 is 0 Å². The molecule has 5 nitrogen and oxygen atoms in total. The van der Waals surface area contributed by atoms with Gasteiger partial charge in [-0.25, -0.2) is 0 Å². The molecule has 20 heavy (non-hydrogen) atoms. The quantitative estimate of drug-likeness (QED) is 0.644. The van der Waals surface area contributed by atoms with Crippen LogP contribution in [0.1, 0.15) is 18.4 Å². The molecule has 1 atom stereocenters. The van der Waals surface area contributed by atoms with Gasteiger partial charge >= 0.3 is 0 Å². The van der Waals surface area contributed by atoms with Gasteiger partial charge in [0.15, 0.2) is 0 Å². The highest BCUT2D eigenvalue weighted by molar-refractivity contribution is 6.01. The maximum Gasteiger partial charge on any atom is 0.262 e. The normalized spacial score (nSPS) is 18.6. The molecule has 0 unspecified atom stereocenters. The van der Waals surface area contributed by atoms with Crippen molar-refractivity contribution in [3.05, 3.63) is 35.4 Å². The molecule has 1 heterocycles. The molecular formula is C15H16N2O3. The van der Waals surface area contributed by atoms with E-state index in [1.54, 1.807) is 18.2 Å². The van der Waals surface area contributed by atoms with Gasteiger partial charge in [0.1, 0.15) is 17.4 Å². The minimum absolute atomic E-state index is 0.0315. The molecule has 1 fully saturated rings. The Balaban J connectivity index is 2.02. The Bertz CT molecular complexity index is 554. The summed E-state index contributed by atoms with van der Waals surface area (Å²) < 4.78 is 5.40. The van der Waals surface area contributed by atoms with Crippen molar-refractivity contribution in [3.8, 4) is 11.8 Å². The van der Waals surface area contributed by atoms with Gasteiger partial charge in [-0.15, -0.1) is 0 Å². The lowest BCUT2D eigenvalue weighted by molar-refractivity contribution is -0.117. The Morgan fingerprint density at radius 2 is 2.35 bits per heavy atom. The van der Waals surface area contributed by atoms with Gasteiger partial charge < -0.3 is 15.2 Å². The number of amides is 1. The summed E-state index contributed by atoms with van der Waals surface area (Å²) in [4.78, 5) is 11.9. The number of benzene rings is 1. The molecule has 0 aromatic heterocycles. The van der Waals surface area contributed by atoms with Crippen molar-refractivity contribution in [1.29, 1.82) is 5.26 Å². The molecule has 2 rings (SSSR count). The number of hydrogen-bond acceptors (Lipinski definition) is 4. The van der Waals surface area contributed by atoms with Crippen molar-refractivity contribution in [1.82, 2.24) is 5.32 Å². The molecule has 1 aromatic carbocycles. The number of para-hydroxylation sites is 1. The second-order valence-electron chi connectivity index (χ2n) is 4.57. The van der Waals surface area contributed by atoms with Crippen LogP contribution in [0.15, 0.2) is 29.8 Å². The summed E-state index contributed by atoms with van der Waals surface area (Å²) in [6.45, 7) is 1.12. The number of nitrogens with zero attached hydrogens (tertiary/aromatic N) is 1. The lowest BCUT2D eigenvalue weighted by Gasteiger charge is -2.10. The number of nitriles is 1. The number of aromatic hydroxyl groups is 1. The summed E-state index contributed by atoms with van der Waals surface area (Å²) in [6.07, 6.45) is 3.33. The smallest absolute Gasteiger partial charge is 0.262 e. The SMILES string of the molecule is N#C/C(=C\c1ccccc1O)C(=O)NC[C@@H]1CCCO1. The number of ether oxygens (including phenoxy) is 1. The number of rotatable bonds is 4. The van der Waals surface area contributed by atoms with Gasteiger partial charge in [0.25, 0.3) is 5.91 Å². The monoisotopic (exact) mass is 272 g/mol. The first-order valence-electron chi connectivity index (χ1n) is 6.50. The number of hydrogen-bond donors (Lipinski definition) is 2. The summed E-state index contributed by atoms with van der Waals surface area (Å²) in [5, 5.41) is 21.4. The Labute approximate surface area is 117 Å². The first-order chi connectivity index (χ1) is 9.70. The molecular weight excluding hydrogens is 256 g/mol. The third-order valence-corrected chi connectivity index (χ3v) is 3.12. The summed E-state index contributed by atoms with van der Waals surface area (Å²) in [5.74, 6) is -0.418. The van der Waals surface area contributed by atoms with E-state index in [4.69, 9.17) is 10.00 Å². The second-order valence-corrected chi connectivity index (χ2v) is 4.57. The van der Waals surface area contributed by atoms with Crippen LogP contribution in [0.3, 0.4) is 0 Å². The van der Waals surface area contributed by atoms with Crippen molar-refractivity contribution in [3.63, 3.8) is 0 Å². The Morgan fingerprint density at radius 3 is 3.00 bits per heavy atom. The molecule has 0 bridgehead atoms. The zero-order valence-electron chi connectivity index (χ0n) is 11.0. The number of nitrogens with one attached hydrogen (secondary N) is 1. The van der Waals surface area contributed by atoms with E-state index in [0.29, 0.717) is 12.1 Å². The zero-order chi connectivity index (χ0) is 14.4. The molecule has 1 aliphatic heterocycles. The van der Waals surface area contributed by atoms with E-state index in [-0.39, 0.29) is 17.4 Å². The maximum absolute atomic E-state index is 11.9. The highest BCUT2D eigenvalue weighted by Gasteiger charge is 2.17. The second kappa shape index (κ2) is 6.73. The maximum atomic E-state index is 11.9. The Kier molecular flexibility index (Phi) is 4.75.